The standard InChI is InChI=1S/C13H18N2O3/c1-17-12-7-3-2-6-11(12)15-13(16)18-9-10-5-4-8-14-10/h2-3,6-7,10,14H,4-5,8-9H2,1H3,(H,15,16). The maximum absolute atomic E-state index is 11.6. The van der Waals surface area contributed by atoms with Crippen LogP contribution >= 0.6 is 0 Å². The molecule has 1 aromatic rings. The Morgan fingerprint density at radius 2 is 2.33 bits per heavy atom. The number of ether oxygens (including phenoxy) is 2. The van der Waals surface area contributed by atoms with Gasteiger partial charge in [0.2, 0.25) is 0 Å². The van der Waals surface area contributed by atoms with Gasteiger partial charge in [0.25, 0.3) is 0 Å². The number of hydrogen-bond acceptors (Lipinski definition) is 4. The first-order chi connectivity index (χ1) is 8.79. The highest BCUT2D eigenvalue weighted by Gasteiger charge is 2.16. The molecule has 0 aromatic heterocycles. The number of benzene rings is 1. The van der Waals surface area contributed by atoms with E-state index >= 15 is 0 Å². The smallest absolute Gasteiger partial charge is 0.411 e. The number of rotatable bonds is 4. The number of para-hydroxylation sites is 2. The van der Waals surface area contributed by atoms with Gasteiger partial charge in [-0.3, -0.25) is 5.32 Å². The Balaban J connectivity index is 1.82. The highest BCUT2D eigenvalue weighted by Crippen LogP contribution is 2.23. The molecule has 1 fully saturated rings. The largest absolute Gasteiger partial charge is 0.495 e. The Kier molecular flexibility index (Phi) is 4.41. The van der Waals surface area contributed by atoms with E-state index < -0.39 is 6.09 Å². The molecule has 2 rings (SSSR count). The fraction of sp³-hybridized carbons (Fsp3) is 0.462. The number of nitrogens with one attached hydrogen (secondary N) is 2. The molecule has 0 radical (unpaired) electrons. The predicted octanol–water partition coefficient (Wildman–Crippen LogP) is 2.00. The second kappa shape index (κ2) is 6.26. The van der Waals surface area contributed by atoms with E-state index in [9.17, 15) is 4.79 Å². The molecule has 1 amide bonds. The molecule has 1 aliphatic rings. The van der Waals surface area contributed by atoms with Crippen molar-refractivity contribution in [3.8, 4) is 5.75 Å². The van der Waals surface area contributed by atoms with Crippen LogP contribution < -0.4 is 15.4 Å². The highest BCUT2D eigenvalue weighted by atomic mass is 16.5. The highest BCUT2D eigenvalue weighted by molar-refractivity contribution is 5.86. The Morgan fingerprint density at radius 3 is 3.06 bits per heavy atom. The van der Waals surface area contributed by atoms with E-state index in [2.05, 4.69) is 10.6 Å². The molecule has 1 heterocycles. The van der Waals surface area contributed by atoms with E-state index in [1.807, 2.05) is 12.1 Å². The zero-order valence-corrected chi connectivity index (χ0v) is 10.4. The van der Waals surface area contributed by atoms with E-state index in [0.717, 1.165) is 19.4 Å². The first kappa shape index (κ1) is 12.7. The van der Waals surface area contributed by atoms with Gasteiger partial charge in [-0.1, -0.05) is 12.1 Å². The predicted molar refractivity (Wildman–Crippen MR) is 69.0 cm³/mol. The normalized spacial score (nSPS) is 18.4. The lowest BCUT2D eigenvalue weighted by Gasteiger charge is -2.13. The molecule has 0 bridgehead atoms. The lowest BCUT2D eigenvalue weighted by Crippen LogP contribution is -2.29. The van der Waals surface area contributed by atoms with E-state index in [0.29, 0.717) is 18.0 Å². The monoisotopic (exact) mass is 250 g/mol. The summed E-state index contributed by atoms with van der Waals surface area (Å²) < 4.78 is 10.3. The molecule has 1 unspecified atom stereocenters. The van der Waals surface area contributed by atoms with Crippen LogP contribution in [0.2, 0.25) is 0 Å². The molecule has 1 saturated heterocycles. The molecule has 5 heteroatoms. The van der Waals surface area contributed by atoms with E-state index in [1.165, 1.54) is 0 Å². The summed E-state index contributed by atoms with van der Waals surface area (Å²) in [5, 5.41) is 5.94. The Morgan fingerprint density at radius 1 is 1.50 bits per heavy atom. The minimum absolute atomic E-state index is 0.286. The first-order valence-electron chi connectivity index (χ1n) is 6.10. The van der Waals surface area contributed by atoms with E-state index in [4.69, 9.17) is 9.47 Å². The van der Waals surface area contributed by atoms with Gasteiger partial charge in [0.05, 0.1) is 12.8 Å². The third-order valence-electron chi connectivity index (χ3n) is 2.92. The van der Waals surface area contributed by atoms with Gasteiger partial charge in [0.15, 0.2) is 0 Å². The minimum atomic E-state index is -0.451. The molecular formula is C13H18N2O3. The maximum atomic E-state index is 11.6. The van der Waals surface area contributed by atoms with Crippen LogP contribution in [-0.2, 0) is 4.74 Å². The van der Waals surface area contributed by atoms with Gasteiger partial charge < -0.3 is 14.8 Å². The van der Waals surface area contributed by atoms with Crippen LogP contribution in [0.4, 0.5) is 10.5 Å². The van der Waals surface area contributed by atoms with Crippen molar-refractivity contribution >= 4 is 11.8 Å². The summed E-state index contributed by atoms with van der Waals surface area (Å²) in [4.78, 5) is 11.6. The van der Waals surface area contributed by atoms with Crippen molar-refractivity contribution < 1.29 is 14.3 Å². The fourth-order valence-electron chi connectivity index (χ4n) is 1.97. The van der Waals surface area contributed by atoms with Gasteiger partial charge in [-0.2, -0.15) is 0 Å². The van der Waals surface area contributed by atoms with E-state index in [1.54, 1.807) is 19.2 Å². The molecule has 18 heavy (non-hydrogen) atoms. The second-order valence-electron chi connectivity index (χ2n) is 4.22. The van der Waals surface area contributed by atoms with Crippen LogP contribution in [0.5, 0.6) is 5.75 Å². The van der Waals surface area contributed by atoms with Gasteiger partial charge in [-0.15, -0.1) is 0 Å². The number of hydrogen-bond donors (Lipinski definition) is 2. The molecule has 0 spiro atoms. The molecule has 0 aliphatic carbocycles. The molecule has 98 valence electrons. The summed E-state index contributed by atoms with van der Waals surface area (Å²) in [6.07, 6.45) is 1.75. The summed E-state index contributed by atoms with van der Waals surface area (Å²) in [7, 11) is 1.56. The average Bonchev–Trinajstić information content (AvgIpc) is 2.90. The van der Waals surface area contributed by atoms with Crippen LogP contribution in [0.25, 0.3) is 0 Å². The van der Waals surface area contributed by atoms with Crippen LogP contribution in [0.15, 0.2) is 24.3 Å². The lowest BCUT2D eigenvalue weighted by atomic mass is 10.2. The zero-order valence-electron chi connectivity index (χ0n) is 10.4. The summed E-state index contributed by atoms with van der Waals surface area (Å²) in [6, 6.07) is 7.52. The number of anilines is 1. The van der Waals surface area contributed by atoms with Crippen LogP contribution in [-0.4, -0.2) is 32.4 Å². The molecule has 1 atom stereocenters. The third-order valence-corrected chi connectivity index (χ3v) is 2.92. The molecule has 2 N–H and O–H groups in total. The fourth-order valence-corrected chi connectivity index (χ4v) is 1.97. The molecule has 0 saturated carbocycles. The van der Waals surface area contributed by atoms with Gasteiger partial charge >= 0.3 is 6.09 Å². The van der Waals surface area contributed by atoms with E-state index in [-0.39, 0.29) is 6.04 Å². The average molecular weight is 250 g/mol. The summed E-state index contributed by atoms with van der Waals surface area (Å²) in [5.41, 5.74) is 0.615. The minimum Gasteiger partial charge on any atom is -0.495 e. The van der Waals surface area contributed by atoms with Crippen molar-refractivity contribution in [1.29, 1.82) is 0 Å². The van der Waals surface area contributed by atoms with Crippen LogP contribution in [0, 0.1) is 0 Å². The van der Waals surface area contributed by atoms with Crippen molar-refractivity contribution in [2.45, 2.75) is 18.9 Å². The van der Waals surface area contributed by atoms with Crippen molar-refractivity contribution in [3.05, 3.63) is 24.3 Å². The third kappa shape index (κ3) is 3.37. The molecule has 1 aliphatic heterocycles. The second-order valence-corrected chi connectivity index (χ2v) is 4.22. The van der Waals surface area contributed by atoms with Crippen molar-refractivity contribution in [3.63, 3.8) is 0 Å². The first-order valence-corrected chi connectivity index (χ1v) is 6.10. The van der Waals surface area contributed by atoms with Crippen LogP contribution in [0.3, 0.4) is 0 Å². The molecular weight excluding hydrogens is 232 g/mol. The van der Waals surface area contributed by atoms with Crippen LogP contribution in [0.1, 0.15) is 12.8 Å². The number of carbonyl (C=O) groups is 1. The van der Waals surface area contributed by atoms with Gasteiger partial charge in [0, 0.05) is 6.04 Å². The van der Waals surface area contributed by atoms with Gasteiger partial charge in [-0.05, 0) is 31.5 Å². The molecule has 5 nitrogen and oxygen atoms in total. The topological polar surface area (TPSA) is 59.6 Å². The number of carbonyl (C=O) groups excluding carboxylic acids is 1. The van der Waals surface area contributed by atoms with Crippen molar-refractivity contribution in [1.82, 2.24) is 5.32 Å². The van der Waals surface area contributed by atoms with Crippen molar-refractivity contribution in [2.75, 3.05) is 25.6 Å². The Labute approximate surface area is 106 Å². The molecule has 1 aromatic carbocycles. The zero-order chi connectivity index (χ0) is 12.8. The maximum Gasteiger partial charge on any atom is 0.411 e. The van der Waals surface area contributed by atoms with Crippen molar-refractivity contribution in [2.24, 2.45) is 0 Å². The summed E-state index contributed by atoms with van der Waals surface area (Å²) in [6.45, 7) is 1.41. The van der Waals surface area contributed by atoms with Gasteiger partial charge in [0.1, 0.15) is 12.4 Å². The lowest BCUT2D eigenvalue weighted by molar-refractivity contribution is 0.151. The summed E-state index contributed by atoms with van der Waals surface area (Å²) >= 11 is 0. The Bertz CT molecular complexity index is 403. The van der Waals surface area contributed by atoms with Gasteiger partial charge in [-0.25, -0.2) is 4.79 Å². The number of methoxy groups -OCH3 is 1. The number of amides is 1. The summed E-state index contributed by atoms with van der Waals surface area (Å²) in [5.74, 6) is 0.619. The quantitative estimate of drug-likeness (QED) is 0.858. The Hall–Kier alpha value is -1.75. The SMILES string of the molecule is COc1ccccc1NC(=O)OCC1CCCN1.